The van der Waals surface area contributed by atoms with E-state index in [2.05, 4.69) is 20.1 Å². The van der Waals surface area contributed by atoms with Gasteiger partial charge in [0.15, 0.2) is 0 Å². The summed E-state index contributed by atoms with van der Waals surface area (Å²) in [5.74, 6) is 0.289. The van der Waals surface area contributed by atoms with Crippen molar-refractivity contribution in [2.45, 2.75) is 6.04 Å². The lowest BCUT2D eigenvalue weighted by atomic mass is 10.1. The van der Waals surface area contributed by atoms with Gasteiger partial charge in [-0.25, -0.2) is 4.39 Å². The predicted molar refractivity (Wildman–Crippen MR) is 122 cm³/mol. The van der Waals surface area contributed by atoms with E-state index in [1.54, 1.807) is 31.5 Å². The Morgan fingerprint density at radius 3 is 2.56 bits per heavy atom. The summed E-state index contributed by atoms with van der Waals surface area (Å²) in [7, 11) is 1.58. The van der Waals surface area contributed by atoms with Crippen LogP contribution in [0.3, 0.4) is 0 Å². The Balaban J connectivity index is 1.43. The fourth-order valence-corrected chi connectivity index (χ4v) is 4.03. The number of anilines is 1. The molecule has 0 unspecified atom stereocenters. The molecular formula is C25H27FN4O2. The molecule has 7 heteroatoms. The van der Waals surface area contributed by atoms with Crippen molar-refractivity contribution in [2.75, 3.05) is 44.7 Å². The van der Waals surface area contributed by atoms with Crippen molar-refractivity contribution in [2.24, 2.45) is 0 Å². The van der Waals surface area contributed by atoms with Crippen LogP contribution in [0, 0.1) is 5.82 Å². The average Bonchev–Trinajstić information content (AvgIpc) is 2.85. The van der Waals surface area contributed by atoms with Gasteiger partial charge in [0.1, 0.15) is 11.6 Å². The SMILES string of the molecule is COc1cccc(C(=O)NC[C@H](c2cccnc2)N2CCN(c3ccc(F)cc3)CC2)c1. The highest BCUT2D eigenvalue weighted by atomic mass is 19.1. The van der Waals surface area contributed by atoms with Gasteiger partial charge >= 0.3 is 0 Å². The zero-order chi connectivity index (χ0) is 22.3. The molecule has 0 bridgehead atoms. The van der Waals surface area contributed by atoms with E-state index < -0.39 is 0 Å². The molecule has 1 N–H and O–H groups in total. The molecule has 166 valence electrons. The van der Waals surface area contributed by atoms with E-state index >= 15 is 0 Å². The van der Waals surface area contributed by atoms with E-state index in [1.165, 1.54) is 12.1 Å². The van der Waals surface area contributed by atoms with Crippen LogP contribution in [0.25, 0.3) is 0 Å². The minimum atomic E-state index is -0.226. The van der Waals surface area contributed by atoms with E-state index in [1.807, 2.05) is 36.5 Å². The van der Waals surface area contributed by atoms with E-state index in [4.69, 9.17) is 4.74 Å². The fourth-order valence-electron chi connectivity index (χ4n) is 4.03. The molecule has 1 atom stereocenters. The minimum Gasteiger partial charge on any atom is -0.497 e. The first-order valence-corrected chi connectivity index (χ1v) is 10.7. The summed E-state index contributed by atoms with van der Waals surface area (Å²) < 4.78 is 18.5. The van der Waals surface area contributed by atoms with Gasteiger partial charge in [0.25, 0.3) is 5.91 Å². The maximum Gasteiger partial charge on any atom is 0.251 e. The van der Waals surface area contributed by atoms with Crippen LogP contribution in [-0.2, 0) is 0 Å². The number of halogens is 1. The fraction of sp³-hybridized carbons (Fsp3) is 0.280. The molecule has 6 nitrogen and oxygen atoms in total. The minimum absolute atomic E-state index is 0.00799. The number of methoxy groups -OCH3 is 1. The summed E-state index contributed by atoms with van der Waals surface area (Å²) in [6.07, 6.45) is 3.61. The van der Waals surface area contributed by atoms with Crippen LogP contribution in [0.15, 0.2) is 73.1 Å². The van der Waals surface area contributed by atoms with Crippen molar-refractivity contribution in [3.05, 3.63) is 90.0 Å². The lowest BCUT2D eigenvalue weighted by Gasteiger charge is -2.40. The highest BCUT2D eigenvalue weighted by molar-refractivity contribution is 5.94. The van der Waals surface area contributed by atoms with E-state index in [0.717, 1.165) is 37.4 Å². The molecule has 2 heterocycles. The van der Waals surface area contributed by atoms with Crippen LogP contribution in [0.4, 0.5) is 10.1 Å². The molecule has 1 saturated heterocycles. The van der Waals surface area contributed by atoms with Gasteiger partial charge in [-0.05, 0) is 54.1 Å². The molecule has 0 spiro atoms. The summed E-state index contributed by atoms with van der Waals surface area (Å²) in [5.41, 5.74) is 2.65. The van der Waals surface area contributed by atoms with Crippen molar-refractivity contribution in [3.63, 3.8) is 0 Å². The van der Waals surface area contributed by atoms with Crippen LogP contribution in [0.5, 0.6) is 5.75 Å². The summed E-state index contributed by atoms with van der Waals surface area (Å²) in [6.45, 7) is 3.77. The number of ether oxygens (including phenoxy) is 1. The van der Waals surface area contributed by atoms with Gasteiger partial charge in [0, 0.05) is 56.4 Å². The molecule has 4 rings (SSSR count). The number of carbonyl (C=O) groups is 1. The third kappa shape index (κ3) is 5.23. The molecule has 1 amide bonds. The Labute approximate surface area is 187 Å². The van der Waals surface area contributed by atoms with E-state index in [-0.39, 0.29) is 17.8 Å². The number of pyridine rings is 1. The first kappa shape index (κ1) is 21.8. The monoisotopic (exact) mass is 434 g/mol. The van der Waals surface area contributed by atoms with Crippen LogP contribution in [-0.4, -0.2) is 55.6 Å². The highest BCUT2D eigenvalue weighted by Crippen LogP contribution is 2.24. The van der Waals surface area contributed by atoms with Gasteiger partial charge in [-0.1, -0.05) is 12.1 Å². The number of aromatic nitrogens is 1. The van der Waals surface area contributed by atoms with Crippen molar-refractivity contribution >= 4 is 11.6 Å². The number of nitrogens with one attached hydrogen (secondary N) is 1. The number of hydrogen-bond acceptors (Lipinski definition) is 5. The third-order valence-corrected chi connectivity index (χ3v) is 5.80. The number of amides is 1. The molecule has 3 aromatic rings. The molecule has 0 radical (unpaired) electrons. The Kier molecular flexibility index (Phi) is 6.97. The number of hydrogen-bond donors (Lipinski definition) is 1. The molecule has 1 aliphatic heterocycles. The standard InChI is InChI=1S/C25H27FN4O2/c1-32-23-6-2-4-19(16-23)25(31)28-18-24(20-5-3-11-27-17-20)30-14-12-29(13-15-30)22-9-7-21(26)8-10-22/h2-11,16-17,24H,12-15,18H2,1H3,(H,28,31)/t24-/m1/s1. The number of nitrogens with zero attached hydrogens (tertiary/aromatic N) is 3. The maximum absolute atomic E-state index is 13.3. The average molecular weight is 435 g/mol. The largest absolute Gasteiger partial charge is 0.497 e. The van der Waals surface area contributed by atoms with Gasteiger partial charge < -0.3 is 15.0 Å². The third-order valence-electron chi connectivity index (χ3n) is 5.80. The number of rotatable bonds is 7. The normalized spacial score (nSPS) is 15.2. The molecular weight excluding hydrogens is 407 g/mol. The molecule has 0 aliphatic carbocycles. The van der Waals surface area contributed by atoms with Gasteiger partial charge in [-0.3, -0.25) is 14.7 Å². The Bertz CT molecular complexity index is 1020. The highest BCUT2D eigenvalue weighted by Gasteiger charge is 2.26. The smallest absolute Gasteiger partial charge is 0.251 e. The number of carbonyl (C=O) groups excluding carboxylic acids is 1. The van der Waals surface area contributed by atoms with Gasteiger partial charge in [0.05, 0.1) is 13.2 Å². The number of benzene rings is 2. The molecule has 2 aromatic carbocycles. The zero-order valence-corrected chi connectivity index (χ0v) is 18.1. The summed E-state index contributed by atoms with van der Waals surface area (Å²) in [4.78, 5) is 21.7. The second-order valence-electron chi connectivity index (χ2n) is 7.74. The number of piperazine rings is 1. The van der Waals surface area contributed by atoms with E-state index in [9.17, 15) is 9.18 Å². The molecule has 1 aliphatic rings. The summed E-state index contributed by atoms with van der Waals surface area (Å²) in [6, 6.07) is 17.7. The van der Waals surface area contributed by atoms with Crippen LogP contribution < -0.4 is 15.0 Å². The Morgan fingerprint density at radius 2 is 1.88 bits per heavy atom. The van der Waals surface area contributed by atoms with Crippen molar-refractivity contribution in [1.82, 2.24) is 15.2 Å². The summed E-state index contributed by atoms with van der Waals surface area (Å²) >= 11 is 0. The first-order valence-electron chi connectivity index (χ1n) is 10.7. The Morgan fingerprint density at radius 1 is 1.09 bits per heavy atom. The second-order valence-corrected chi connectivity index (χ2v) is 7.74. The Hall–Kier alpha value is -3.45. The zero-order valence-electron chi connectivity index (χ0n) is 18.1. The maximum atomic E-state index is 13.3. The summed E-state index contributed by atoms with van der Waals surface area (Å²) in [5, 5.41) is 3.08. The predicted octanol–water partition coefficient (Wildman–Crippen LogP) is 3.52. The quantitative estimate of drug-likeness (QED) is 0.617. The topological polar surface area (TPSA) is 57.7 Å². The molecule has 32 heavy (non-hydrogen) atoms. The van der Waals surface area contributed by atoms with Crippen LogP contribution in [0.1, 0.15) is 22.0 Å². The van der Waals surface area contributed by atoms with Crippen molar-refractivity contribution in [1.29, 1.82) is 0 Å². The molecule has 0 saturated carbocycles. The van der Waals surface area contributed by atoms with Gasteiger partial charge in [0.2, 0.25) is 0 Å². The molecule has 1 aromatic heterocycles. The van der Waals surface area contributed by atoms with Crippen LogP contribution in [0.2, 0.25) is 0 Å². The molecule has 1 fully saturated rings. The lowest BCUT2D eigenvalue weighted by molar-refractivity contribution is 0.0929. The van der Waals surface area contributed by atoms with Gasteiger partial charge in [-0.2, -0.15) is 0 Å². The van der Waals surface area contributed by atoms with Crippen molar-refractivity contribution in [3.8, 4) is 5.75 Å². The first-order chi connectivity index (χ1) is 15.6. The van der Waals surface area contributed by atoms with Crippen LogP contribution >= 0.6 is 0 Å². The van der Waals surface area contributed by atoms with Crippen molar-refractivity contribution < 1.29 is 13.9 Å². The van der Waals surface area contributed by atoms with E-state index in [0.29, 0.717) is 17.9 Å². The lowest BCUT2D eigenvalue weighted by Crippen LogP contribution is -2.50. The van der Waals surface area contributed by atoms with Gasteiger partial charge in [-0.15, -0.1) is 0 Å². The second kappa shape index (κ2) is 10.2.